The van der Waals surface area contributed by atoms with Gasteiger partial charge in [-0.1, -0.05) is 6.42 Å². The first-order valence-electron chi connectivity index (χ1n) is 3.40. The van der Waals surface area contributed by atoms with Crippen molar-refractivity contribution in [2.45, 2.75) is 25.3 Å². The molecule has 2 aliphatic rings. The molecule has 0 bridgehead atoms. The van der Waals surface area contributed by atoms with Crippen LogP contribution in [0, 0.1) is 5.92 Å². The standard InChI is InChI=1S/C6H9N3/c1-2-5-4-7-9-8-6(5)3-1/h4-6H,1-3H2. The average molecular weight is 123 g/mol. The highest BCUT2D eigenvalue weighted by molar-refractivity contribution is 5.62. The van der Waals surface area contributed by atoms with Gasteiger partial charge in [0.15, 0.2) is 0 Å². The second-order valence-corrected chi connectivity index (χ2v) is 2.63. The Morgan fingerprint density at radius 1 is 1.33 bits per heavy atom. The van der Waals surface area contributed by atoms with E-state index in [1.165, 1.54) is 19.3 Å². The molecule has 2 unspecified atom stereocenters. The molecule has 0 aromatic rings. The maximum absolute atomic E-state index is 4.02. The summed E-state index contributed by atoms with van der Waals surface area (Å²) in [4.78, 5) is 0. The van der Waals surface area contributed by atoms with Crippen LogP contribution >= 0.6 is 0 Å². The number of nitrogens with zero attached hydrogens (tertiary/aromatic N) is 3. The molecule has 1 aliphatic carbocycles. The normalized spacial score (nSPS) is 39.1. The lowest BCUT2D eigenvalue weighted by Crippen LogP contribution is -2.13. The van der Waals surface area contributed by atoms with Crippen molar-refractivity contribution in [3.05, 3.63) is 0 Å². The molecular formula is C6H9N3. The summed E-state index contributed by atoms with van der Waals surface area (Å²) < 4.78 is 0. The fourth-order valence-corrected chi connectivity index (χ4v) is 1.50. The zero-order valence-electron chi connectivity index (χ0n) is 5.20. The minimum atomic E-state index is 0.475. The van der Waals surface area contributed by atoms with E-state index in [2.05, 4.69) is 15.4 Å². The van der Waals surface area contributed by atoms with Gasteiger partial charge in [-0.25, -0.2) is 0 Å². The summed E-state index contributed by atoms with van der Waals surface area (Å²) in [6.45, 7) is 0. The first kappa shape index (κ1) is 5.09. The fourth-order valence-electron chi connectivity index (χ4n) is 1.50. The smallest absolute Gasteiger partial charge is 0.0808 e. The van der Waals surface area contributed by atoms with Crippen molar-refractivity contribution in [1.82, 2.24) is 0 Å². The number of rotatable bonds is 0. The van der Waals surface area contributed by atoms with Gasteiger partial charge >= 0.3 is 0 Å². The lowest BCUT2D eigenvalue weighted by Gasteiger charge is -2.09. The molecule has 2 rings (SSSR count). The molecule has 9 heavy (non-hydrogen) atoms. The third-order valence-corrected chi connectivity index (χ3v) is 2.04. The molecular weight excluding hydrogens is 114 g/mol. The van der Waals surface area contributed by atoms with Crippen molar-refractivity contribution < 1.29 is 0 Å². The predicted molar refractivity (Wildman–Crippen MR) is 34.5 cm³/mol. The van der Waals surface area contributed by atoms with Crippen LogP contribution in [0.3, 0.4) is 0 Å². The van der Waals surface area contributed by atoms with E-state index >= 15 is 0 Å². The van der Waals surface area contributed by atoms with Crippen molar-refractivity contribution in [1.29, 1.82) is 0 Å². The lowest BCUT2D eigenvalue weighted by atomic mass is 10.1. The molecule has 3 heteroatoms. The van der Waals surface area contributed by atoms with Crippen LogP contribution in [0.1, 0.15) is 19.3 Å². The van der Waals surface area contributed by atoms with E-state index in [9.17, 15) is 0 Å². The molecule has 0 radical (unpaired) electrons. The summed E-state index contributed by atoms with van der Waals surface area (Å²) in [5, 5.41) is 11.4. The van der Waals surface area contributed by atoms with Crippen LogP contribution in [0.2, 0.25) is 0 Å². The molecule has 0 aromatic heterocycles. The van der Waals surface area contributed by atoms with E-state index in [1.54, 1.807) is 0 Å². The van der Waals surface area contributed by atoms with Gasteiger partial charge in [0.05, 0.1) is 6.04 Å². The van der Waals surface area contributed by atoms with Gasteiger partial charge in [-0.05, 0) is 18.1 Å². The van der Waals surface area contributed by atoms with E-state index < -0.39 is 0 Å². The third-order valence-electron chi connectivity index (χ3n) is 2.04. The fraction of sp³-hybridized carbons (Fsp3) is 0.833. The van der Waals surface area contributed by atoms with Gasteiger partial charge in [-0.3, -0.25) is 0 Å². The molecule has 1 aliphatic heterocycles. The summed E-state index contributed by atoms with van der Waals surface area (Å²) in [5.74, 6) is 0.613. The Hall–Kier alpha value is -0.730. The number of fused-ring (bicyclic) bond motifs is 1. The van der Waals surface area contributed by atoms with Crippen LogP contribution in [-0.2, 0) is 0 Å². The first-order chi connectivity index (χ1) is 4.47. The maximum Gasteiger partial charge on any atom is 0.0808 e. The monoisotopic (exact) mass is 123 g/mol. The van der Waals surface area contributed by atoms with Gasteiger partial charge < -0.3 is 0 Å². The van der Waals surface area contributed by atoms with E-state index in [0.29, 0.717) is 12.0 Å². The quantitative estimate of drug-likeness (QED) is 0.469. The molecule has 0 amide bonds. The predicted octanol–water partition coefficient (Wildman–Crippen LogP) is 1.61. The molecule has 0 aromatic carbocycles. The molecule has 1 fully saturated rings. The Bertz CT molecular complexity index is 144. The van der Waals surface area contributed by atoms with Crippen LogP contribution in [0.25, 0.3) is 0 Å². The molecule has 48 valence electrons. The minimum Gasteiger partial charge on any atom is -0.165 e. The first-order valence-corrected chi connectivity index (χ1v) is 3.40. The van der Waals surface area contributed by atoms with Crippen LogP contribution in [0.15, 0.2) is 15.4 Å². The van der Waals surface area contributed by atoms with Gasteiger partial charge in [-0.15, -0.1) is 5.10 Å². The Labute approximate surface area is 53.9 Å². The summed E-state index contributed by atoms with van der Waals surface area (Å²) in [7, 11) is 0. The van der Waals surface area contributed by atoms with E-state index in [0.717, 1.165) is 0 Å². The van der Waals surface area contributed by atoms with Crippen LogP contribution in [0.5, 0.6) is 0 Å². The van der Waals surface area contributed by atoms with Crippen LogP contribution in [0.4, 0.5) is 0 Å². The molecule has 0 N–H and O–H groups in total. The Kier molecular flexibility index (Phi) is 1.07. The Morgan fingerprint density at radius 3 is 3.22 bits per heavy atom. The zero-order chi connectivity index (χ0) is 6.10. The van der Waals surface area contributed by atoms with Crippen LogP contribution in [-0.4, -0.2) is 12.3 Å². The SMILES string of the molecule is C1=NN=NC2CCCC12. The second-order valence-electron chi connectivity index (χ2n) is 2.63. The van der Waals surface area contributed by atoms with Crippen molar-refractivity contribution in [2.24, 2.45) is 21.4 Å². The summed E-state index contributed by atoms with van der Waals surface area (Å²) in [5.41, 5.74) is 0. The highest BCUT2D eigenvalue weighted by Crippen LogP contribution is 2.28. The Balaban J connectivity index is 2.18. The Morgan fingerprint density at radius 2 is 2.33 bits per heavy atom. The summed E-state index contributed by atoms with van der Waals surface area (Å²) >= 11 is 0. The third kappa shape index (κ3) is 0.763. The summed E-state index contributed by atoms with van der Waals surface area (Å²) in [6.07, 6.45) is 5.69. The highest BCUT2D eigenvalue weighted by Gasteiger charge is 2.27. The highest BCUT2D eigenvalue weighted by atomic mass is 15.4. The molecule has 3 nitrogen and oxygen atoms in total. The number of hydrogen-bond acceptors (Lipinski definition) is 3. The summed E-state index contributed by atoms with van der Waals surface area (Å²) in [6, 6.07) is 0.475. The number of hydrogen-bond donors (Lipinski definition) is 0. The zero-order valence-corrected chi connectivity index (χ0v) is 5.20. The second kappa shape index (κ2) is 1.90. The van der Waals surface area contributed by atoms with Crippen molar-refractivity contribution in [3.63, 3.8) is 0 Å². The molecule has 1 heterocycles. The lowest BCUT2D eigenvalue weighted by molar-refractivity contribution is 0.567. The van der Waals surface area contributed by atoms with Gasteiger partial charge in [-0.2, -0.15) is 5.11 Å². The van der Waals surface area contributed by atoms with Gasteiger partial charge in [0, 0.05) is 12.1 Å². The largest absolute Gasteiger partial charge is 0.165 e. The van der Waals surface area contributed by atoms with E-state index in [4.69, 9.17) is 0 Å². The average Bonchev–Trinajstić information content (AvgIpc) is 2.33. The van der Waals surface area contributed by atoms with E-state index in [1.807, 2.05) is 6.21 Å². The van der Waals surface area contributed by atoms with Gasteiger partial charge in [0.2, 0.25) is 0 Å². The van der Waals surface area contributed by atoms with Crippen molar-refractivity contribution >= 4 is 6.21 Å². The van der Waals surface area contributed by atoms with Crippen molar-refractivity contribution in [2.75, 3.05) is 0 Å². The molecule has 2 atom stereocenters. The molecule has 0 saturated heterocycles. The maximum atomic E-state index is 4.02. The van der Waals surface area contributed by atoms with Crippen LogP contribution < -0.4 is 0 Å². The van der Waals surface area contributed by atoms with Gasteiger partial charge in [0.25, 0.3) is 0 Å². The van der Waals surface area contributed by atoms with Gasteiger partial charge in [0.1, 0.15) is 0 Å². The molecule has 1 saturated carbocycles. The minimum absolute atomic E-state index is 0.475. The van der Waals surface area contributed by atoms with E-state index in [-0.39, 0.29) is 0 Å². The van der Waals surface area contributed by atoms with Crippen molar-refractivity contribution in [3.8, 4) is 0 Å². The molecule has 0 spiro atoms. The topological polar surface area (TPSA) is 37.1 Å².